The molecule has 0 atom stereocenters. The van der Waals surface area contributed by atoms with E-state index in [-0.39, 0.29) is 0 Å². The normalized spacial score (nSPS) is 20.0. The van der Waals surface area contributed by atoms with Crippen LogP contribution in [0.3, 0.4) is 0 Å². The Labute approximate surface area is 110 Å². The Hall–Kier alpha value is -1.04. The minimum absolute atomic E-state index is 0.293. The molecule has 3 heteroatoms. The van der Waals surface area contributed by atoms with Crippen LogP contribution < -0.4 is 5.32 Å². The van der Waals surface area contributed by atoms with Gasteiger partial charge in [-0.3, -0.25) is 4.79 Å². The molecule has 3 nitrogen and oxygen atoms in total. The first-order valence-electron chi connectivity index (χ1n) is 7.47. The van der Waals surface area contributed by atoms with Crippen molar-refractivity contribution >= 4 is 5.91 Å². The predicted octanol–water partition coefficient (Wildman–Crippen LogP) is 3.01. The molecule has 100 valence electrons. The molecule has 0 saturated heterocycles. The summed E-state index contributed by atoms with van der Waals surface area (Å²) in [7, 11) is 0. The summed E-state index contributed by atoms with van der Waals surface area (Å²) in [6.07, 6.45) is 10.1. The molecule has 0 aromatic rings. The molecule has 0 spiro atoms. The first kappa shape index (κ1) is 13.4. The number of hydrogen-bond donors (Lipinski definition) is 1. The summed E-state index contributed by atoms with van der Waals surface area (Å²) in [6.45, 7) is 0.746. The molecule has 2 saturated carbocycles. The Morgan fingerprint density at radius 1 is 1.17 bits per heavy atom. The lowest BCUT2D eigenvalue weighted by molar-refractivity contribution is -0.131. The first-order chi connectivity index (χ1) is 8.83. The highest BCUT2D eigenvalue weighted by Crippen LogP contribution is 2.44. The zero-order chi connectivity index (χ0) is 12.8. The van der Waals surface area contributed by atoms with E-state index < -0.39 is 0 Å². The molecule has 2 rings (SSSR count). The monoisotopic (exact) mass is 248 g/mol. The van der Waals surface area contributed by atoms with Crippen LogP contribution in [0, 0.1) is 29.1 Å². The summed E-state index contributed by atoms with van der Waals surface area (Å²) in [5.41, 5.74) is 0. The van der Waals surface area contributed by atoms with Gasteiger partial charge in [-0.1, -0.05) is 12.8 Å². The van der Waals surface area contributed by atoms with Gasteiger partial charge in [-0.2, -0.15) is 5.26 Å². The lowest BCUT2D eigenvalue weighted by atomic mass is 9.64. The van der Waals surface area contributed by atoms with Crippen molar-refractivity contribution in [2.75, 3.05) is 6.54 Å². The van der Waals surface area contributed by atoms with Gasteiger partial charge < -0.3 is 5.32 Å². The van der Waals surface area contributed by atoms with Crippen molar-refractivity contribution in [2.24, 2.45) is 17.8 Å². The molecule has 18 heavy (non-hydrogen) atoms. The number of unbranched alkanes of at least 4 members (excludes halogenated alkanes) is 2. The molecule has 0 bridgehead atoms. The third kappa shape index (κ3) is 3.25. The molecule has 0 heterocycles. The van der Waals surface area contributed by atoms with Crippen molar-refractivity contribution in [3.8, 4) is 6.07 Å². The zero-order valence-electron chi connectivity index (χ0n) is 11.2. The summed E-state index contributed by atoms with van der Waals surface area (Å²) in [5, 5.41) is 11.5. The number of carbonyl (C=O) groups excluding carboxylic acids is 1. The Bertz CT molecular complexity index is 299. The molecular formula is C15H24N2O. The van der Waals surface area contributed by atoms with Gasteiger partial charge in [-0.25, -0.2) is 0 Å². The van der Waals surface area contributed by atoms with Crippen molar-refractivity contribution in [3.63, 3.8) is 0 Å². The van der Waals surface area contributed by atoms with Gasteiger partial charge in [0.05, 0.1) is 6.07 Å². The van der Waals surface area contributed by atoms with Crippen molar-refractivity contribution in [2.45, 2.75) is 57.8 Å². The zero-order valence-corrected chi connectivity index (χ0v) is 11.2. The van der Waals surface area contributed by atoms with Crippen molar-refractivity contribution in [1.29, 1.82) is 5.26 Å². The van der Waals surface area contributed by atoms with E-state index in [2.05, 4.69) is 11.4 Å². The molecule has 0 unspecified atom stereocenters. The topological polar surface area (TPSA) is 52.9 Å². The van der Waals surface area contributed by atoms with Gasteiger partial charge in [-0.05, 0) is 50.4 Å². The lowest BCUT2D eigenvalue weighted by Crippen LogP contribution is -2.43. The van der Waals surface area contributed by atoms with Crippen LogP contribution in [0.1, 0.15) is 57.8 Å². The average molecular weight is 248 g/mol. The highest BCUT2D eigenvalue weighted by atomic mass is 16.1. The first-order valence-corrected chi connectivity index (χ1v) is 7.47. The van der Waals surface area contributed by atoms with Crippen LogP contribution in [0.5, 0.6) is 0 Å². The average Bonchev–Trinajstić information content (AvgIpc) is 2.23. The van der Waals surface area contributed by atoms with Crippen LogP contribution in [0.25, 0.3) is 0 Å². The number of hydrogen-bond acceptors (Lipinski definition) is 2. The van der Waals surface area contributed by atoms with Gasteiger partial charge in [0.15, 0.2) is 0 Å². The molecule has 0 radical (unpaired) electrons. The van der Waals surface area contributed by atoms with Gasteiger partial charge >= 0.3 is 0 Å². The Morgan fingerprint density at radius 2 is 1.78 bits per heavy atom. The molecule has 1 amide bonds. The van der Waals surface area contributed by atoms with E-state index in [1.54, 1.807) is 0 Å². The molecular weight excluding hydrogens is 224 g/mol. The Balaban J connectivity index is 1.71. The second-order valence-corrected chi connectivity index (χ2v) is 5.81. The third-order valence-electron chi connectivity index (χ3n) is 4.63. The van der Waals surface area contributed by atoms with E-state index in [0.29, 0.717) is 30.1 Å². The highest BCUT2D eigenvalue weighted by Gasteiger charge is 2.40. The number of nitrogens with zero attached hydrogens (tertiary/aromatic N) is 1. The van der Waals surface area contributed by atoms with E-state index >= 15 is 0 Å². The van der Waals surface area contributed by atoms with E-state index in [1.807, 2.05) is 0 Å². The van der Waals surface area contributed by atoms with Gasteiger partial charge in [-0.15, -0.1) is 0 Å². The van der Waals surface area contributed by atoms with Crippen LogP contribution >= 0.6 is 0 Å². The van der Waals surface area contributed by atoms with Crippen molar-refractivity contribution in [3.05, 3.63) is 0 Å². The van der Waals surface area contributed by atoms with E-state index in [4.69, 9.17) is 5.26 Å². The minimum atomic E-state index is 0.293. The minimum Gasteiger partial charge on any atom is -0.356 e. The molecule has 0 aromatic carbocycles. The van der Waals surface area contributed by atoms with E-state index in [9.17, 15) is 4.79 Å². The fourth-order valence-corrected chi connectivity index (χ4v) is 3.07. The summed E-state index contributed by atoms with van der Waals surface area (Å²) in [4.78, 5) is 12.3. The molecule has 0 aromatic heterocycles. The van der Waals surface area contributed by atoms with Crippen molar-refractivity contribution in [1.82, 2.24) is 5.32 Å². The number of rotatable bonds is 7. The second kappa shape index (κ2) is 6.78. The summed E-state index contributed by atoms with van der Waals surface area (Å²) in [5.74, 6) is 1.91. The SMILES string of the molecule is N#CCCCCNC(=O)C(C1CCC1)C1CCC1. The van der Waals surface area contributed by atoms with Crippen LogP contribution in [0.2, 0.25) is 0 Å². The highest BCUT2D eigenvalue weighted by molar-refractivity contribution is 5.79. The second-order valence-electron chi connectivity index (χ2n) is 5.81. The quantitative estimate of drug-likeness (QED) is 0.704. The smallest absolute Gasteiger partial charge is 0.223 e. The fraction of sp³-hybridized carbons (Fsp3) is 0.867. The van der Waals surface area contributed by atoms with E-state index in [1.165, 1.54) is 38.5 Å². The molecule has 2 aliphatic carbocycles. The maximum absolute atomic E-state index is 12.3. The van der Waals surface area contributed by atoms with Crippen LogP contribution in [0.4, 0.5) is 0 Å². The Morgan fingerprint density at radius 3 is 2.22 bits per heavy atom. The predicted molar refractivity (Wildman–Crippen MR) is 70.6 cm³/mol. The van der Waals surface area contributed by atoms with Gasteiger partial charge in [0.2, 0.25) is 5.91 Å². The third-order valence-corrected chi connectivity index (χ3v) is 4.63. The number of nitrogens with one attached hydrogen (secondary N) is 1. The lowest BCUT2D eigenvalue weighted by Gasteiger charge is -2.41. The summed E-state index contributed by atoms with van der Waals surface area (Å²) >= 11 is 0. The number of carbonyl (C=O) groups is 1. The molecule has 0 aliphatic heterocycles. The van der Waals surface area contributed by atoms with E-state index in [0.717, 1.165) is 19.4 Å². The molecule has 1 N–H and O–H groups in total. The largest absolute Gasteiger partial charge is 0.356 e. The number of amides is 1. The summed E-state index contributed by atoms with van der Waals surface area (Å²) < 4.78 is 0. The molecule has 2 fully saturated rings. The van der Waals surface area contributed by atoms with Crippen LogP contribution in [-0.2, 0) is 4.79 Å². The maximum atomic E-state index is 12.3. The Kier molecular flexibility index (Phi) is 5.04. The van der Waals surface area contributed by atoms with Crippen LogP contribution in [0.15, 0.2) is 0 Å². The maximum Gasteiger partial charge on any atom is 0.223 e. The van der Waals surface area contributed by atoms with Gasteiger partial charge in [0.25, 0.3) is 0 Å². The summed E-state index contributed by atoms with van der Waals surface area (Å²) in [6, 6.07) is 2.14. The fourth-order valence-electron chi connectivity index (χ4n) is 3.07. The standard InChI is InChI=1S/C15H24N2O/c16-10-2-1-3-11-17-15(18)14(12-6-4-7-12)13-8-5-9-13/h12-14H,1-9,11H2,(H,17,18). The van der Waals surface area contributed by atoms with Gasteiger partial charge in [0.1, 0.15) is 0 Å². The van der Waals surface area contributed by atoms with Crippen molar-refractivity contribution < 1.29 is 4.79 Å². The van der Waals surface area contributed by atoms with Gasteiger partial charge in [0, 0.05) is 18.9 Å². The van der Waals surface area contributed by atoms with Crippen LogP contribution in [-0.4, -0.2) is 12.5 Å². The molecule has 2 aliphatic rings. The number of nitriles is 1.